The molecule has 32 heavy (non-hydrogen) atoms. The largest absolute Gasteiger partial charge is 0.497 e. The van der Waals surface area contributed by atoms with Gasteiger partial charge in [0.25, 0.3) is 11.8 Å². The highest BCUT2D eigenvalue weighted by Crippen LogP contribution is 2.33. The Morgan fingerprint density at radius 3 is 2.38 bits per heavy atom. The van der Waals surface area contributed by atoms with Gasteiger partial charge in [-0.25, -0.2) is 4.79 Å². The SMILES string of the molecule is COc1ccc2c(c1)CN(C[C@@]1(c3ccc(-c4ccncc4)cc3)NC(=O)NC1=O)C2=O. The first kappa shape index (κ1) is 19.7. The number of nitrogens with one attached hydrogen (secondary N) is 2. The van der Waals surface area contributed by atoms with Gasteiger partial charge in [0.15, 0.2) is 5.54 Å². The third-order valence-corrected chi connectivity index (χ3v) is 5.95. The zero-order chi connectivity index (χ0) is 22.3. The molecule has 2 N–H and O–H groups in total. The van der Waals surface area contributed by atoms with E-state index in [4.69, 9.17) is 4.74 Å². The van der Waals surface area contributed by atoms with Crippen LogP contribution < -0.4 is 15.4 Å². The lowest BCUT2D eigenvalue weighted by Gasteiger charge is -2.31. The Hall–Kier alpha value is -4.20. The summed E-state index contributed by atoms with van der Waals surface area (Å²) in [5.41, 5.74) is 2.55. The zero-order valence-electron chi connectivity index (χ0n) is 17.3. The molecule has 2 aromatic carbocycles. The number of hydrogen-bond acceptors (Lipinski definition) is 5. The Morgan fingerprint density at radius 1 is 1.00 bits per heavy atom. The molecule has 5 rings (SSSR count). The molecule has 4 amide bonds. The molecule has 1 saturated heterocycles. The number of benzene rings is 2. The van der Waals surface area contributed by atoms with Gasteiger partial charge in [-0.05, 0) is 52.6 Å². The van der Waals surface area contributed by atoms with E-state index in [2.05, 4.69) is 15.6 Å². The van der Waals surface area contributed by atoms with Crippen molar-refractivity contribution in [3.63, 3.8) is 0 Å². The molecule has 0 bridgehead atoms. The highest BCUT2D eigenvalue weighted by atomic mass is 16.5. The van der Waals surface area contributed by atoms with Crippen molar-refractivity contribution in [1.82, 2.24) is 20.5 Å². The fourth-order valence-corrected chi connectivity index (χ4v) is 4.29. The summed E-state index contributed by atoms with van der Waals surface area (Å²) >= 11 is 0. The van der Waals surface area contributed by atoms with Gasteiger partial charge in [0, 0.05) is 24.5 Å². The maximum Gasteiger partial charge on any atom is 0.322 e. The molecule has 0 aliphatic carbocycles. The zero-order valence-corrected chi connectivity index (χ0v) is 17.3. The van der Waals surface area contributed by atoms with Crippen LogP contribution in [-0.4, -0.2) is 41.4 Å². The van der Waals surface area contributed by atoms with E-state index in [1.807, 2.05) is 30.3 Å². The Morgan fingerprint density at radius 2 is 1.72 bits per heavy atom. The third kappa shape index (κ3) is 3.17. The number of amides is 4. The number of imide groups is 1. The molecule has 0 spiro atoms. The number of methoxy groups -OCH3 is 1. The fraction of sp³-hybridized carbons (Fsp3) is 0.167. The molecule has 8 heteroatoms. The van der Waals surface area contributed by atoms with Crippen molar-refractivity contribution in [3.05, 3.63) is 83.7 Å². The second-order valence-corrected chi connectivity index (χ2v) is 7.81. The van der Waals surface area contributed by atoms with Gasteiger partial charge in [0.2, 0.25) is 0 Å². The van der Waals surface area contributed by atoms with Crippen LogP contribution in [0.15, 0.2) is 67.0 Å². The number of rotatable bonds is 5. The molecule has 3 aromatic rings. The van der Waals surface area contributed by atoms with Crippen LogP contribution in [0.25, 0.3) is 11.1 Å². The summed E-state index contributed by atoms with van der Waals surface area (Å²) in [7, 11) is 1.57. The van der Waals surface area contributed by atoms with Crippen molar-refractivity contribution in [3.8, 4) is 16.9 Å². The van der Waals surface area contributed by atoms with E-state index in [-0.39, 0.29) is 12.5 Å². The number of carbonyl (C=O) groups is 3. The Kier molecular flexibility index (Phi) is 4.62. The minimum absolute atomic E-state index is 0.00893. The van der Waals surface area contributed by atoms with Crippen LogP contribution in [0.2, 0.25) is 0 Å². The summed E-state index contributed by atoms with van der Waals surface area (Å²) in [4.78, 5) is 43.7. The summed E-state index contributed by atoms with van der Waals surface area (Å²) < 4.78 is 5.26. The van der Waals surface area contributed by atoms with Crippen LogP contribution in [0.4, 0.5) is 4.79 Å². The molecule has 2 aliphatic rings. The van der Waals surface area contributed by atoms with Crippen molar-refractivity contribution < 1.29 is 19.1 Å². The van der Waals surface area contributed by atoms with Crippen LogP contribution in [0.3, 0.4) is 0 Å². The van der Waals surface area contributed by atoms with Crippen molar-refractivity contribution in [2.45, 2.75) is 12.1 Å². The fourth-order valence-electron chi connectivity index (χ4n) is 4.29. The van der Waals surface area contributed by atoms with Crippen LogP contribution in [0.5, 0.6) is 5.75 Å². The average Bonchev–Trinajstić information content (AvgIpc) is 3.29. The Bertz CT molecular complexity index is 1230. The maximum atomic E-state index is 13.0. The number of carbonyl (C=O) groups excluding carboxylic acids is 3. The first-order valence-electron chi connectivity index (χ1n) is 10.1. The molecule has 8 nitrogen and oxygen atoms in total. The predicted molar refractivity (Wildman–Crippen MR) is 116 cm³/mol. The minimum atomic E-state index is -1.38. The van der Waals surface area contributed by atoms with E-state index in [1.165, 1.54) is 0 Å². The van der Waals surface area contributed by atoms with Crippen LogP contribution in [-0.2, 0) is 16.9 Å². The molecule has 1 aromatic heterocycles. The summed E-state index contributed by atoms with van der Waals surface area (Å²) in [6.07, 6.45) is 3.42. The number of fused-ring (bicyclic) bond motifs is 1. The van der Waals surface area contributed by atoms with E-state index in [9.17, 15) is 14.4 Å². The van der Waals surface area contributed by atoms with Crippen molar-refractivity contribution >= 4 is 17.8 Å². The highest BCUT2D eigenvalue weighted by Gasteiger charge is 2.50. The van der Waals surface area contributed by atoms with Crippen LogP contribution in [0, 0.1) is 0 Å². The van der Waals surface area contributed by atoms with Crippen LogP contribution in [0.1, 0.15) is 21.5 Å². The third-order valence-electron chi connectivity index (χ3n) is 5.95. The molecule has 0 radical (unpaired) electrons. The Labute approximate surface area is 184 Å². The molecule has 2 aliphatic heterocycles. The number of pyridine rings is 1. The standard InChI is InChI=1S/C24H20N4O4/c1-32-19-6-7-20-17(12-19)13-28(21(20)29)14-24(22(30)26-23(31)27-24)18-4-2-15(3-5-18)16-8-10-25-11-9-16/h2-12H,13-14H2,1H3,(H2,26,27,30,31)/t24-/m0/s1. The van der Waals surface area contributed by atoms with E-state index in [0.717, 1.165) is 16.7 Å². The Balaban J connectivity index is 1.48. The molecular weight excluding hydrogens is 408 g/mol. The number of aromatic nitrogens is 1. The van der Waals surface area contributed by atoms with E-state index < -0.39 is 17.5 Å². The lowest BCUT2D eigenvalue weighted by Crippen LogP contribution is -2.52. The molecular formula is C24H20N4O4. The van der Waals surface area contributed by atoms with Gasteiger partial charge < -0.3 is 15.0 Å². The molecule has 0 unspecified atom stereocenters. The number of hydrogen-bond donors (Lipinski definition) is 2. The average molecular weight is 428 g/mol. The molecule has 1 atom stereocenters. The van der Waals surface area contributed by atoms with Crippen molar-refractivity contribution in [1.29, 1.82) is 0 Å². The lowest BCUT2D eigenvalue weighted by atomic mass is 9.88. The van der Waals surface area contributed by atoms with E-state index in [0.29, 0.717) is 23.4 Å². The van der Waals surface area contributed by atoms with Gasteiger partial charge in [-0.3, -0.25) is 19.9 Å². The van der Waals surface area contributed by atoms with Crippen molar-refractivity contribution in [2.24, 2.45) is 0 Å². The van der Waals surface area contributed by atoms with Gasteiger partial charge in [0.05, 0.1) is 13.7 Å². The van der Waals surface area contributed by atoms with E-state index >= 15 is 0 Å². The highest BCUT2D eigenvalue weighted by molar-refractivity contribution is 6.08. The molecule has 0 saturated carbocycles. The first-order valence-corrected chi connectivity index (χ1v) is 10.1. The number of urea groups is 1. The lowest BCUT2D eigenvalue weighted by molar-refractivity contribution is -0.124. The van der Waals surface area contributed by atoms with Gasteiger partial charge in [-0.15, -0.1) is 0 Å². The predicted octanol–water partition coefficient (Wildman–Crippen LogP) is 2.45. The number of ether oxygens (including phenoxy) is 1. The summed E-state index contributed by atoms with van der Waals surface area (Å²) in [5, 5.41) is 5.09. The maximum absolute atomic E-state index is 13.0. The molecule has 3 heterocycles. The molecule has 160 valence electrons. The van der Waals surface area contributed by atoms with Crippen LogP contribution >= 0.6 is 0 Å². The van der Waals surface area contributed by atoms with Gasteiger partial charge >= 0.3 is 6.03 Å². The van der Waals surface area contributed by atoms with Gasteiger partial charge in [-0.1, -0.05) is 24.3 Å². The summed E-state index contributed by atoms with van der Waals surface area (Å²) in [6.45, 7) is 0.334. The van der Waals surface area contributed by atoms with Gasteiger partial charge in [-0.2, -0.15) is 0 Å². The first-order chi connectivity index (χ1) is 15.5. The summed E-state index contributed by atoms with van der Waals surface area (Å²) in [6, 6.07) is 15.8. The number of nitrogens with zero attached hydrogens (tertiary/aromatic N) is 2. The van der Waals surface area contributed by atoms with Crippen molar-refractivity contribution in [2.75, 3.05) is 13.7 Å². The smallest absolute Gasteiger partial charge is 0.322 e. The second-order valence-electron chi connectivity index (χ2n) is 7.81. The normalized spacial score (nSPS) is 19.5. The second kappa shape index (κ2) is 7.49. The van der Waals surface area contributed by atoms with Gasteiger partial charge in [0.1, 0.15) is 5.75 Å². The minimum Gasteiger partial charge on any atom is -0.497 e. The topological polar surface area (TPSA) is 101 Å². The summed E-state index contributed by atoms with van der Waals surface area (Å²) in [5.74, 6) is -0.0170. The monoisotopic (exact) mass is 428 g/mol. The molecule has 1 fully saturated rings. The van der Waals surface area contributed by atoms with E-state index in [1.54, 1.807) is 48.7 Å². The quantitative estimate of drug-likeness (QED) is 0.608.